The number of nitrogens with zero attached hydrogens (tertiary/aromatic N) is 1. The Morgan fingerprint density at radius 2 is 1.86 bits per heavy atom. The molecule has 0 atom stereocenters. The molecule has 0 aliphatic carbocycles. The van der Waals surface area contributed by atoms with Crippen molar-refractivity contribution in [2.45, 2.75) is 20.8 Å². The van der Waals surface area contributed by atoms with Gasteiger partial charge in [0.2, 0.25) is 5.91 Å². The van der Waals surface area contributed by atoms with Crippen LogP contribution >= 0.6 is 22.6 Å². The van der Waals surface area contributed by atoms with Crippen LogP contribution in [0.1, 0.15) is 20.8 Å². The van der Waals surface area contributed by atoms with Crippen LogP contribution in [0.5, 0.6) is 0 Å². The van der Waals surface area contributed by atoms with E-state index in [1.807, 2.05) is 55.5 Å². The van der Waals surface area contributed by atoms with E-state index in [2.05, 4.69) is 10.3 Å². The minimum atomic E-state index is -0.516. The Morgan fingerprint density at radius 1 is 1.19 bits per heavy atom. The Labute approximate surface area is 137 Å². The minimum absolute atomic E-state index is 0.112. The summed E-state index contributed by atoms with van der Waals surface area (Å²) in [6.07, 6.45) is 1.56. The van der Waals surface area contributed by atoms with E-state index in [1.54, 1.807) is 24.4 Å². The first-order chi connectivity index (χ1) is 9.80. The molecule has 0 aliphatic heterocycles. The maximum atomic E-state index is 14.3. The van der Waals surface area contributed by atoms with Gasteiger partial charge in [-0.1, -0.05) is 39.0 Å². The van der Waals surface area contributed by atoms with Crippen molar-refractivity contribution in [1.29, 1.82) is 0 Å². The highest BCUT2D eigenvalue weighted by Crippen LogP contribution is 2.31. The van der Waals surface area contributed by atoms with Crippen molar-refractivity contribution in [3.63, 3.8) is 0 Å². The molecule has 110 valence electrons. The van der Waals surface area contributed by atoms with Crippen molar-refractivity contribution in [1.82, 2.24) is 4.98 Å². The van der Waals surface area contributed by atoms with Crippen molar-refractivity contribution in [2.75, 3.05) is 5.32 Å². The number of benzene rings is 1. The zero-order valence-corrected chi connectivity index (χ0v) is 14.2. The highest BCUT2D eigenvalue weighted by molar-refractivity contribution is 14.1. The third-order valence-electron chi connectivity index (χ3n) is 2.99. The first-order valence-electron chi connectivity index (χ1n) is 6.51. The van der Waals surface area contributed by atoms with Crippen LogP contribution in [-0.4, -0.2) is 10.9 Å². The summed E-state index contributed by atoms with van der Waals surface area (Å²) >= 11 is 1.85. The molecule has 1 amide bonds. The van der Waals surface area contributed by atoms with Crippen LogP contribution in [0.15, 0.2) is 36.5 Å². The molecule has 5 heteroatoms. The molecule has 1 aromatic heterocycles. The zero-order valence-electron chi connectivity index (χ0n) is 12.1. The molecule has 2 aromatic rings. The van der Waals surface area contributed by atoms with Gasteiger partial charge in [0.1, 0.15) is 3.70 Å². The van der Waals surface area contributed by atoms with Crippen molar-refractivity contribution >= 4 is 34.2 Å². The van der Waals surface area contributed by atoms with E-state index in [-0.39, 0.29) is 11.7 Å². The average Bonchev–Trinajstić information content (AvgIpc) is 2.42. The normalized spacial score (nSPS) is 11.3. The molecular formula is C16H16FIN2O. The SMILES string of the molecule is CC(C)(C)C(=O)Nc1ccccc1-c1ccnc(I)c1F. The maximum Gasteiger partial charge on any atom is 0.229 e. The highest BCUT2D eigenvalue weighted by atomic mass is 127. The Bertz CT molecular complexity index is 680. The summed E-state index contributed by atoms with van der Waals surface area (Å²) in [6.45, 7) is 5.50. The molecule has 21 heavy (non-hydrogen) atoms. The van der Waals surface area contributed by atoms with E-state index >= 15 is 0 Å². The second kappa shape index (κ2) is 6.09. The number of hydrogen-bond acceptors (Lipinski definition) is 2. The number of anilines is 1. The van der Waals surface area contributed by atoms with Gasteiger partial charge in [0.15, 0.2) is 5.82 Å². The van der Waals surface area contributed by atoms with Gasteiger partial charge in [-0.3, -0.25) is 4.79 Å². The van der Waals surface area contributed by atoms with Crippen molar-refractivity contribution in [3.05, 3.63) is 46.0 Å². The van der Waals surface area contributed by atoms with Crippen LogP contribution in [0.2, 0.25) is 0 Å². The van der Waals surface area contributed by atoms with E-state index in [0.717, 1.165) is 0 Å². The predicted molar refractivity (Wildman–Crippen MR) is 90.4 cm³/mol. The molecule has 1 heterocycles. The van der Waals surface area contributed by atoms with E-state index in [9.17, 15) is 9.18 Å². The third kappa shape index (κ3) is 3.58. The molecule has 0 radical (unpaired) electrons. The molecule has 0 aliphatic rings. The fourth-order valence-electron chi connectivity index (χ4n) is 1.76. The number of amides is 1. The lowest BCUT2D eigenvalue weighted by atomic mass is 9.95. The van der Waals surface area contributed by atoms with Gasteiger partial charge >= 0.3 is 0 Å². The Morgan fingerprint density at radius 3 is 2.52 bits per heavy atom. The van der Waals surface area contributed by atoms with E-state index in [4.69, 9.17) is 0 Å². The van der Waals surface area contributed by atoms with Crippen molar-refractivity contribution < 1.29 is 9.18 Å². The van der Waals surface area contributed by atoms with Gasteiger partial charge in [-0.25, -0.2) is 9.37 Å². The first-order valence-corrected chi connectivity index (χ1v) is 7.59. The molecule has 0 saturated carbocycles. The number of aromatic nitrogens is 1. The molecule has 0 unspecified atom stereocenters. The number of para-hydroxylation sites is 1. The number of carbonyl (C=O) groups excluding carboxylic acids is 1. The number of hydrogen-bond donors (Lipinski definition) is 1. The summed E-state index contributed by atoms with van der Waals surface area (Å²) in [5, 5.41) is 2.87. The third-order valence-corrected chi connectivity index (χ3v) is 3.75. The van der Waals surface area contributed by atoms with Crippen LogP contribution in [-0.2, 0) is 4.79 Å². The number of rotatable bonds is 2. The molecule has 0 bridgehead atoms. The first kappa shape index (κ1) is 15.9. The Kier molecular flexibility index (Phi) is 4.61. The van der Waals surface area contributed by atoms with Gasteiger partial charge in [-0.2, -0.15) is 0 Å². The molecular weight excluding hydrogens is 382 g/mol. The van der Waals surface area contributed by atoms with Gasteiger partial charge in [-0.05, 0) is 34.7 Å². The predicted octanol–water partition coefficient (Wildman–Crippen LogP) is 4.48. The van der Waals surface area contributed by atoms with Crippen LogP contribution in [0.3, 0.4) is 0 Å². The number of halogens is 2. The van der Waals surface area contributed by atoms with Crippen LogP contribution in [0.25, 0.3) is 11.1 Å². The van der Waals surface area contributed by atoms with Gasteiger partial charge in [0.25, 0.3) is 0 Å². The topological polar surface area (TPSA) is 42.0 Å². The number of pyridine rings is 1. The van der Waals surface area contributed by atoms with Crippen molar-refractivity contribution in [2.24, 2.45) is 5.41 Å². The highest BCUT2D eigenvalue weighted by Gasteiger charge is 2.22. The quantitative estimate of drug-likeness (QED) is 0.599. The van der Waals surface area contributed by atoms with Crippen molar-refractivity contribution in [3.8, 4) is 11.1 Å². The lowest BCUT2D eigenvalue weighted by Crippen LogP contribution is -2.27. The number of nitrogens with one attached hydrogen (secondary N) is 1. The molecule has 0 fully saturated rings. The second-order valence-corrected chi connectivity index (χ2v) is 6.73. The minimum Gasteiger partial charge on any atom is -0.325 e. The molecule has 0 saturated heterocycles. The van der Waals surface area contributed by atoms with Gasteiger partial charge in [0, 0.05) is 28.4 Å². The lowest BCUT2D eigenvalue weighted by Gasteiger charge is -2.19. The summed E-state index contributed by atoms with van der Waals surface area (Å²) in [5.74, 6) is -0.491. The van der Waals surface area contributed by atoms with Crippen LogP contribution in [0, 0.1) is 14.9 Å². The monoisotopic (exact) mass is 398 g/mol. The van der Waals surface area contributed by atoms with E-state index in [0.29, 0.717) is 20.5 Å². The summed E-state index contributed by atoms with van der Waals surface area (Å²) in [7, 11) is 0. The summed E-state index contributed by atoms with van der Waals surface area (Å²) < 4.78 is 14.6. The second-order valence-electron chi connectivity index (χ2n) is 5.71. The Hall–Kier alpha value is -1.50. The molecule has 2 rings (SSSR count). The van der Waals surface area contributed by atoms with E-state index in [1.165, 1.54) is 0 Å². The van der Waals surface area contributed by atoms with Crippen LogP contribution in [0.4, 0.5) is 10.1 Å². The summed E-state index contributed by atoms with van der Waals surface area (Å²) in [6, 6.07) is 8.79. The van der Waals surface area contributed by atoms with Gasteiger partial charge < -0.3 is 5.32 Å². The standard InChI is InChI=1S/C16H16FIN2O/c1-16(2,3)15(21)20-12-7-5-4-6-10(12)11-8-9-19-14(18)13(11)17/h4-9H,1-3H3,(H,20,21). The smallest absolute Gasteiger partial charge is 0.229 e. The average molecular weight is 398 g/mol. The van der Waals surface area contributed by atoms with Gasteiger partial charge in [-0.15, -0.1) is 0 Å². The molecule has 1 aromatic carbocycles. The summed E-state index contributed by atoms with van der Waals surface area (Å²) in [4.78, 5) is 16.1. The fraction of sp³-hybridized carbons (Fsp3) is 0.250. The summed E-state index contributed by atoms with van der Waals surface area (Å²) in [5.41, 5.74) is 1.16. The zero-order chi connectivity index (χ0) is 15.6. The lowest BCUT2D eigenvalue weighted by molar-refractivity contribution is -0.123. The number of carbonyl (C=O) groups is 1. The Balaban J connectivity index is 2.47. The molecule has 3 nitrogen and oxygen atoms in total. The largest absolute Gasteiger partial charge is 0.325 e. The van der Waals surface area contributed by atoms with Gasteiger partial charge in [0.05, 0.1) is 0 Å². The van der Waals surface area contributed by atoms with E-state index < -0.39 is 5.41 Å². The molecule has 0 spiro atoms. The van der Waals surface area contributed by atoms with Crippen LogP contribution < -0.4 is 5.32 Å². The fourth-order valence-corrected chi connectivity index (χ4v) is 2.21. The molecule has 1 N–H and O–H groups in total. The maximum absolute atomic E-state index is 14.3.